The predicted octanol–water partition coefficient (Wildman–Crippen LogP) is 1.73. The van der Waals surface area contributed by atoms with Gasteiger partial charge in [-0.3, -0.25) is 4.98 Å². The molecule has 7 heteroatoms. The summed E-state index contributed by atoms with van der Waals surface area (Å²) < 4.78 is 18.2. The Hall–Kier alpha value is -1.82. The minimum absolute atomic E-state index is 0.0335. The van der Waals surface area contributed by atoms with E-state index in [2.05, 4.69) is 19.9 Å². The van der Waals surface area contributed by atoms with Crippen molar-refractivity contribution in [3.8, 4) is 17.4 Å². The SMILES string of the molecule is COc1nc(Cl)nc(-c2ccncc2F)n1. The standard InChI is InChI=1S/C9H6ClFN4O/c1-16-9-14-7(13-8(10)15-9)5-2-3-12-4-6(5)11/h2-4H,1H3. The third kappa shape index (κ3) is 2.06. The average Bonchev–Trinajstić information content (AvgIpc) is 2.28. The van der Waals surface area contributed by atoms with E-state index in [4.69, 9.17) is 16.3 Å². The van der Waals surface area contributed by atoms with Crippen LogP contribution in [0.2, 0.25) is 5.28 Å². The van der Waals surface area contributed by atoms with Gasteiger partial charge in [-0.1, -0.05) is 0 Å². The van der Waals surface area contributed by atoms with E-state index in [1.165, 1.54) is 19.4 Å². The molecule has 0 fully saturated rings. The molecule has 0 aliphatic carbocycles. The van der Waals surface area contributed by atoms with Crippen LogP contribution >= 0.6 is 11.6 Å². The van der Waals surface area contributed by atoms with Crippen molar-refractivity contribution in [3.63, 3.8) is 0 Å². The lowest BCUT2D eigenvalue weighted by atomic mass is 10.2. The molecule has 5 nitrogen and oxygen atoms in total. The largest absolute Gasteiger partial charge is 0.467 e. The van der Waals surface area contributed by atoms with Gasteiger partial charge in [-0.25, -0.2) is 4.39 Å². The summed E-state index contributed by atoms with van der Waals surface area (Å²) in [4.78, 5) is 15.0. The minimum atomic E-state index is -0.535. The van der Waals surface area contributed by atoms with E-state index in [1.807, 2.05) is 0 Å². The average molecular weight is 241 g/mol. The van der Waals surface area contributed by atoms with E-state index in [1.54, 1.807) is 0 Å². The van der Waals surface area contributed by atoms with Crippen LogP contribution in [0.4, 0.5) is 4.39 Å². The highest BCUT2D eigenvalue weighted by molar-refractivity contribution is 6.28. The fourth-order valence-electron chi connectivity index (χ4n) is 1.10. The normalized spacial score (nSPS) is 10.2. The van der Waals surface area contributed by atoms with Crippen molar-refractivity contribution < 1.29 is 9.13 Å². The zero-order chi connectivity index (χ0) is 11.5. The number of rotatable bonds is 2. The van der Waals surface area contributed by atoms with Crippen LogP contribution in [-0.4, -0.2) is 27.0 Å². The topological polar surface area (TPSA) is 60.8 Å². The van der Waals surface area contributed by atoms with Gasteiger partial charge in [-0.15, -0.1) is 0 Å². The smallest absolute Gasteiger partial charge is 0.321 e. The van der Waals surface area contributed by atoms with Crippen molar-refractivity contribution in [2.45, 2.75) is 0 Å². The number of hydrogen-bond donors (Lipinski definition) is 0. The molecule has 0 aromatic carbocycles. The Bertz CT molecular complexity index is 523. The Morgan fingerprint density at radius 1 is 1.31 bits per heavy atom. The highest BCUT2D eigenvalue weighted by Gasteiger charge is 2.11. The quantitative estimate of drug-likeness (QED) is 0.800. The van der Waals surface area contributed by atoms with Gasteiger partial charge in [-0.2, -0.15) is 15.0 Å². The Labute approximate surface area is 95.3 Å². The van der Waals surface area contributed by atoms with Gasteiger partial charge in [-0.05, 0) is 17.7 Å². The van der Waals surface area contributed by atoms with Crippen molar-refractivity contribution >= 4 is 11.6 Å². The maximum atomic E-state index is 13.4. The minimum Gasteiger partial charge on any atom is -0.467 e. The molecule has 2 aromatic heterocycles. The number of halogens is 2. The van der Waals surface area contributed by atoms with Gasteiger partial charge in [0.1, 0.15) is 0 Å². The zero-order valence-corrected chi connectivity index (χ0v) is 8.94. The van der Waals surface area contributed by atoms with E-state index >= 15 is 0 Å². The first-order chi connectivity index (χ1) is 7.70. The lowest BCUT2D eigenvalue weighted by Gasteiger charge is -2.03. The van der Waals surface area contributed by atoms with Crippen LogP contribution in [0, 0.1) is 5.82 Å². The number of ether oxygens (including phenoxy) is 1. The molecular formula is C9H6ClFN4O. The second kappa shape index (κ2) is 4.36. The lowest BCUT2D eigenvalue weighted by molar-refractivity contribution is 0.378. The Kier molecular flexibility index (Phi) is 2.91. The summed E-state index contributed by atoms with van der Waals surface area (Å²) in [6.45, 7) is 0. The number of methoxy groups -OCH3 is 1. The molecule has 0 aliphatic heterocycles. The van der Waals surface area contributed by atoms with Crippen molar-refractivity contribution in [2.24, 2.45) is 0 Å². The maximum Gasteiger partial charge on any atom is 0.321 e. The van der Waals surface area contributed by atoms with E-state index in [-0.39, 0.29) is 22.7 Å². The molecule has 0 amide bonds. The summed E-state index contributed by atoms with van der Waals surface area (Å²) in [5, 5.41) is -0.0573. The fourth-order valence-corrected chi connectivity index (χ4v) is 1.25. The highest BCUT2D eigenvalue weighted by atomic mass is 35.5. The van der Waals surface area contributed by atoms with Crippen LogP contribution in [0.3, 0.4) is 0 Å². The zero-order valence-electron chi connectivity index (χ0n) is 8.19. The molecule has 0 spiro atoms. The molecule has 0 N–H and O–H groups in total. The Morgan fingerprint density at radius 2 is 2.12 bits per heavy atom. The van der Waals surface area contributed by atoms with Gasteiger partial charge in [0, 0.05) is 6.20 Å². The molecule has 0 saturated carbocycles. The maximum absolute atomic E-state index is 13.4. The number of pyridine rings is 1. The molecule has 0 aliphatic rings. The van der Waals surface area contributed by atoms with E-state index in [0.717, 1.165) is 6.20 Å². The predicted molar refractivity (Wildman–Crippen MR) is 54.6 cm³/mol. The molecule has 0 unspecified atom stereocenters. The summed E-state index contributed by atoms with van der Waals surface area (Å²) >= 11 is 5.65. The Morgan fingerprint density at radius 3 is 2.81 bits per heavy atom. The van der Waals surface area contributed by atoms with Crippen LogP contribution < -0.4 is 4.74 Å². The van der Waals surface area contributed by atoms with Crippen molar-refractivity contribution in [2.75, 3.05) is 7.11 Å². The van der Waals surface area contributed by atoms with Gasteiger partial charge in [0.2, 0.25) is 5.28 Å². The molecule has 16 heavy (non-hydrogen) atoms. The van der Waals surface area contributed by atoms with Crippen molar-refractivity contribution in [1.29, 1.82) is 0 Å². The molecule has 2 aromatic rings. The fraction of sp³-hybridized carbons (Fsp3) is 0.111. The number of hydrogen-bond acceptors (Lipinski definition) is 5. The number of aromatic nitrogens is 4. The molecule has 82 valence electrons. The summed E-state index contributed by atoms with van der Waals surface area (Å²) in [6, 6.07) is 1.48. The summed E-state index contributed by atoms with van der Waals surface area (Å²) in [6.07, 6.45) is 2.50. The summed E-state index contributed by atoms with van der Waals surface area (Å²) in [5.74, 6) is -0.427. The molecule has 2 rings (SSSR count). The summed E-state index contributed by atoms with van der Waals surface area (Å²) in [5.41, 5.74) is 0.192. The third-order valence-corrected chi connectivity index (χ3v) is 1.95. The van der Waals surface area contributed by atoms with Gasteiger partial charge >= 0.3 is 6.01 Å². The second-order valence-corrected chi connectivity index (χ2v) is 3.11. The summed E-state index contributed by atoms with van der Waals surface area (Å²) in [7, 11) is 1.39. The number of nitrogens with zero attached hydrogens (tertiary/aromatic N) is 4. The van der Waals surface area contributed by atoms with Crippen LogP contribution in [0.1, 0.15) is 0 Å². The third-order valence-electron chi connectivity index (χ3n) is 1.78. The van der Waals surface area contributed by atoms with Gasteiger partial charge in [0.05, 0.1) is 18.9 Å². The van der Waals surface area contributed by atoms with E-state index < -0.39 is 5.82 Å². The van der Waals surface area contributed by atoms with Gasteiger partial charge in [0.15, 0.2) is 11.6 Å². The van der Waals surface area contributed by atoms with E-state index in [9.17, 15) is 4.39 Å². The van der Waals surface area contributed by atoms with Gasteiger partial charge in [0.25, 0.3) is 0 Å². The van der Waals surface area contributed by atoms with Crippen LogP contribution in [0.5, 0.6) is 6.01 Å². The lowest BCUT2D eigenvalue weighted by Crippen LogP contribution is -1.99. The molecule has 0 radical (unpaired) electrons. The second-order valence-electron chi connectivity index (χ2n) is 2.77. The molecular weight excluding hydrogens is 235 g/mol. The molecule has 2 heterocycles. The first-order valence-corrected chi connectivity index (χ1v) is 4.64. The molecule has 0 bridgehead atoms. The first-order valence-electron chi connectivity index (χ1n) is 4.26. The van der Waals surface area contributed by atoms with Crippen LogP contribution in [-0.2, 0) is 0 Å². The van der Waals surface area contributed by atoms with E-state index in [0.29, 0.717) is 0 Å². The molecule has 0 atom stereocenters. The van der Waals surface area contributed by atoms with Crippen molar-refractivity contribution in [1.82, 2.24) is 19.9 Å². The van der Waals surface area contributed by atoms with Gasteiger partial charge < -0.3 is 4.74 Å². The Balaban J connectivity index is 2.56. The van der Waals surface area contributed by atoms with Crippen molar-refractivity contribution in [3.05, 3.63) is 29.6 Å². The monoisotopic (exact) mass is 240 g/mol. The van der Waals surface area contributed by atoms with Crippen LogP contribution in [0.15, 0.2) is 18.5 Å². The first kappa shape index (κ1) is 10.7. The van der Waals surface area contributed by atoms with Crippen LogP contribution in [0.25, 0.3) is 11.4 Å². The molecule has 0 saturated heterocycles. The highest BCUT2D eigenvalue weighted by Crippen LogP contribution is 2.20.